The molecule has 0 aliphatic rings. The van der Waals surface area contributed by atoms with Crippen LogP contribution in [0.25, 0.3) is 0 Å². The molecule has 0 saturated carbocycles. The van der Waals surface area contributed by atoms with Crippen LogP contribution in [0.3, 0.4) is 0 Å². The van der Waals surface area contributed by atoms with Gasteiger partial charge in [0.1, 0.15) is 12.6 Å². The Morgan fingerprint density at radius 3 is 1.46 bits per heavy atom. The smallest absolute Gasteiger partial charge is 0.324 e. The normalized spacial score (nSPS) is 13.0. The van der Waals surface area contributed by atoms with Crippen molar-refractivity contribution >= 4 is 221 Å². The molecular weight excluding hydrogens is 460 g/mol. The van der Waals surface area contributed by atoms with Crippen molar-refractivity contribution in [1.82, 2.24) is 4.90 Å². The Bertz CT molecular complexity index is 374. The summed E-state index contributed by atoms with van der Waals surface area (Å²) in [5.41, 5.74) is 0.150. The zero-order valence-electron chi connectivity index (χ0n) is 16.6. The number of rotatable bonds is 8. The number of hydrogen-bond donors (Lipinski definition) is 4. The molecule has 0 aliphatic heterocycles. The Labute approximate surface area is 316 Å². The van der Waals surface area contributed by atoms with Gasteiger partial charge in [0.25, 0.3) is 0 Å². The Balaban J connectivity index is -0.000000301. The molecule has 0 aromatic rings. The average Bonchev–Trinajstić information content (AvgIpc) is 2.06. The fourth-order valence-electron chi connectivity index (χ4n) is 2.26. The van der Waals surface area contributed by atoms with Crippen LogP contribution >= 0.6 is 15.2 Å². The van der Waals surface area contributed by atoms with Gasteiger partial charge in [0.15, 0.2) is 0 Å². The van der Waals surface area contributed by atoms with Crippen molar-refractivity contribution in [2.45, 2.75) is 40.5 Å². The quantitative estimate of drug-likeness (QED) is 0.291. The Kier molecular flexibility index (Phi) is 33.0. The fourth-order valence-corrected chi connectivity index (χ4v) is 3.94. The van der Waals surface area contributed by atoms with Gasteiger partial charge in [-0.25, -0.2) is 0 Å². The van der Waals surface area contributed by atoms with Gasteiger partial charge < -0.3 is 19.6 Å². The van der Waals surface area contributed by atoms with Gasteiger partial charge in [0, 0.05) is 206 Å². The zero-order valence-corrected chi connectivity index (χ0v) is 30.8. The topological polar surface area (TPSA) is 118 Å². The summed E-state index contributed by atoms with van der Waals surface area (Å²) in [5, 5.41) is 0. The van der Waals surface area contributed by atoms with Crippen LogP contribution in [0.2, 0.25) is 0 Å². The summed E-state index contributed by atoms with van der Waals surface area (Å²) in [5.74, 6) is 0.311. The van der Waals surface area contributed by atoms with E-state index in [4.69, 9.17) is 19.6 Å². The first-order chi connectivity index (χ1) is 8.68. The van der Waals surface area contributed by atoms with Crippen molar-refractivity contribution in [3.05, 3.63) is 0 Å². The standard InChI is InChI=1S/C11H27NO6P2.4K/c1-10(7-11(2,3)4)5-6-12(8-19(13,14)15)9-20(16,17)18;;;;/h10H,5-9H2,1-4H3,(H2,13,14,15)(H2,16,17,18);;;;. The first-order valence-electron chi connectivity index (χ1n) is 6.49. The van der Waals surface area contributed by atoms with Crippen LogP contribution in [0, 0.1) is 11.3 Å². The maximum Gasteiger partial charge on any atom is 0.339 e. The molecule has 126 valence electrons. The van der Waals surface area contributed by atoms with Crippen LogP contribution in [0.4, 0.5) is 0 Å². The maximum atomic E-state index is 11.0. The summed E-state index contributed by atoms with van der Waals surface area (Å²) in [6, 6.07) is 0. The predicted octanol–water partition coefficient (Wildman–Crippen LogP) is 0.498. The van der Waals surface area contributed by atoms with Gasteiger partial charge in [0.05, 0.1) is 0 Å². The second-order valence-corrected chi connectivity index (χ2v) is 9.89. The number of nitrogens with zero attached hydrogens (tertiary/aromatic N) is 1. The molecule has 0 fully saturated rings. The van der Waals surface area contributed by atoms with Crippen LogP contribution in [0.15, 0.2) is 0 Å². The van der Waals surface area contributed by atoms with Crippen molar-refractivity contribution in [1.29, 1.82) is 0 Å². The van der Waals surface area contributed by atoms with E-state index in [1.54, 1.807) is 0 Å². The van der Waals surface area contributed by atoms with E-state index < -0.39 is 27.8 Å². The molecule has 1 unspecified atom stereocenters. The Morgan fingerprint density at radius 2 is 1.21 bits per heavy atom. The first-order valence-corrected chi connectivity index (χ1v) is 10.1. The summed E-state index contributed by atoms with van der Waals surface area (Å²) in [4.78, 5) is 37.0. The van der Waals surface area contributed by atoms with Crippen LogP contribution in [-0.4, -0.2) is 249 Å². The molecule has 0 aliphatic carbocycles. The van der Waals surface area contributed by atoms with E-state index in [2.05, 4.69) is 20.8 Å². The van der Waals surface area contributed by atoms with Crippen LogP contribution in [-0.2, 0) is 9.13 Å². The van der Waals surface area contributed by atoms with E-state index in [1.165, 1.54) is 0 Å². The molecule has 13 heteroatoms. The summed E-state index contributed by atoms with van der Waals surface area (Å²) in [7, 11) is -8.65. The van der Waals surface area contributed by atoms with E-state index >= 15 is 0 Å². The molecule has 0 aromatic heterocycles. The van der Waals surface area contributed by atoms with Gasteiger partial charge in [0.2, 0.25) is 0 Å². The third-order valence-corrected chi connectivity index (χ3v) is 4.20. The van der Waals surface area contributed by atoms with E-state index in [-0.39, 0.29) is 217 Å². The molecule has 0 amide bonds. The predicted molar refractivity (Wildman–Crippen MR) is 101 cm³/mol. The molecule has 1 atom stereocenters. The summed E-state index contributed by atoms with van der Waals surface area (Å²) in [6.07, 6.45) is 0.324. The van der Waals surface area contributed by atoms with Crippen molar-refractivity contribution < 1.29 is 28.7 Å². The molecule has 0 spiro atoms. The Hall–Kier alpha value is 6.81. The molecule has 0 saturated heterocycles. The molecule has 24 heavy (non-hydrogen) atoms. The molecule has 4 radical (unpaired) electrons. The van der Waals surface area contributed by atoms with Crippen LogP contribution in [0.5, 0.6) is 0 Å². The monoisotopic (exact) mass is 487 g/mol. The van der Waals surface area contributed by atoms with Gasteiger partial charge in [-0.3, -0.25) is 14.0 Å². The summed E-state index contributed by atoms with van der Waals surface area (Å²) < 4.78 is 22.0. The molecule has 0 rings (SSSR count). The van der Waals surface area contributed by atoms with Crippen molar-refractivity contribution in [3.63, 3.8) is 0 Å². The third-order valence-electron chi connectivity index (χ3n) is 2.67. The van der Waals surface area contributed by atoms with E-state index in [0.29, 0.717) is 12.3 Å². The van der Waals surface area contributed by atoms with Gasteiger partial charge in [-0.2, -0.15) is 0 Å². The minimum Gasteiger partial charge on any atom is -0.324 e. The molecule has 0 bridgehead atoms. The molecule has 0 heterocycles. The molecular formula is C11H27K4NO6P2. The second-order valence-electron chi connectivity index (χ2n) is 6.67. The van der Waals surface area contributed by atoms with Gasteiger partial charge in [-0.1, -0.05) is 27.7 Å². The second kappa shape index (κ2) is 19.3. The van der Waals surface area contributed by atoms with E-state index in [1.807, 2.05) is 6.92 Å². The van der Waals surface area contributed by atoms with Gasteiger partial charge in [-0.15, -0.1) is 0 Å². The zero-order chi connectivity index (χ0) is 16.2. The van der Waals surface area contributed by atoms with Crippen LogP contribution in [0.1, 0.15) is 40.5 Å². The van der Waals surface area contributed by atoms with Crippen LogP contribution < -0.4 is 0 Å². The minimum absolute atomic E-state index is 0. The molecule has 7 nitrogen and oxygen atoms in total. The Morgan fingerprint density at radius 1 is 0.875 bits per heavy atom. The SMILES string of the molecule is CC(CCN(CP(=O)(O)O)CP(=O)(O)O)CC(C)(C)C.[K].[K].[K].[K]. The first kappa shape index (κ1) is 41.1. The summed E-state index contributed by atoms with van der Waals surface area (Å²) >= 11 is 0. The number of hydrogen-bond acceptors (Lipinski definition) is 3. The fraction of sp³-hybridized carbons (Fsp3) is 1.00. The van der Waals surface area contributed by atoms with Crippen molar-refractivity contribution in [2.75, 3.05) is 19.1 Å². The molecule has 4 N–H and O–H groups in total. The van der Waals surface area contributed by atoms with Gasteiger partial charge in [-0.05, 0) is 30.7 Å². The minimum atomic E-state index is -4.33. The van der Waals surface area contributed by atoms with E-state index in [0.717, 1.165) is 11.3 Å². The van der Waals surface area contributed by atoms with E-state index in [9.17, 15) is 9.13 Å². The average molecular weight is 488 g/mol. The van der Waals surface area contributed by atoms with Crippen molar-refractivity contribution in [2.24, 2.45) is 11.3 Å². The third kappa shape index (κ3) is 31.0. The van der Waals surface area contributed by atoms with Crippen molar-refractivity contribution in [3.8, 4) is 0 Å². The van der Waals surface area contributed by atoms with Gasteiger partial charge >= 0.3 is 15.2 Å². The largest absolute Gasteiger partial charge is 0.339 e. The summed E-state index contributed by atoms with van der Waals surface area (Å²) in [6.45, 7) is 8.59. The maximum absolute atomic E-state index is 11.0. The molecule has 0 aromatic carbocycles.